The molecule has 0 aromatic carbocycles. The van der Waals surface area contributed by atoms with E-state index in [0.29, 0.717) is 11.2 Å². The van der Waals surface area contributed by atoms with Gasteiger partial charge in [-0.1, -0.05) is 20.8 Å². The van der Waals surface area contributed by atoms with Crippen LogP contribution in [0.1, 0.15) is 68.3 Å². The Morgan fingerprint density at radius 2 is 1.74 bits per heavy atom. The van der Waals surface area contributed by atoms with Gasteiger partial charge < -0.3 is 4.42 Å². The summed E-state index contributed by atoms with van der Waals surface area (Å²) in [4.78, 5) is 12.5. The van der Waals surface area contributed by atoms with Gasteiger partial charge in [0.05, 0.1) is 5.56 Å². The van der Waals surface area contributed by atoms with Crippen LogP contribution in [0.3, 0.4) is 0 Å². The minimum absolute atomic E-state index is 0.203. The molecule has 0 unspecified atom stereocenters. The Hall–Kier alpha value is -1.05. The van der Waals surface area contributed by atoms with Crippen LogP contribution in [0.2, 0.25) is 0 Å². The van der Waals surface area contributed by atoms with Gasteiger partial charge in [-0.3, -0.25) is 4.79 Å². The number of hydrogen-bond donors (Lipinski definition) is 0. The van der Waals surface area contributed by atoms with E-state index in [4.69, 9.17) is 4.42 Å². The number of carbonyl (C=O) groups excluding carboxylic acids is 1. The lowest BCUT2D eigenvalue weighted by Crippen LogP contribution is -2.28. The molecule has 1 aliphatic carbocycles. The van der Waals surface area contributed by atoms with Gasteiger partial charge in [0, 0.05) is 5.92 Å². The molecule has 0 spiro atoms. The summed E-state index contributed by atoms with van der Waals surface area (Å²) in [5, 5.41) is 0. The maximum atomic E-state index is 12.5. The Morgan fingerprint density at radius 3 is 2.16 bits per heavy atom. The van der Waals surface area contributed by atoms with Crippen LogP contribution in [0.15, 0.2) is 10.5 Å². The summed E-state index contributed by atoms with van der Waals surface area (Å²) in [6, 6.07) is 1.90. The van der Waals surface area contributed by atoms with Crippen molar-refractivity contribution in [3.63, 3.8) is 0 Å². The van der Waals surface area contributed by atoms with Crippen LogP contribution in [0.25, 0.3) is 0 Å². The van der Waals surface area contributed by atoms with E-state index >= 15 is 0 Å². The zero-order valence-electron chi connectivity index (χ0n) is 12.9. The predicted octanol–water partition coefficient (Wildman–Crippen LogP) is 4.93. The number of furan rings is 1. The largest absolute Gasteiger partial charge is 0.466 e. The van der Waals surface area contributed by atoms with E-state index in [1.54, 1.807) is 0 Å². The van der Waals surface area contributed by atoms with Gasteiger partial charge >= 0.3 is 0 Å². The SMILES string of the molecule is Cc1cc(C(=O)C2CCC(C(C)(C)C)CC2)c(C)o1. The third-order valence-electron chi connectivity index (χ3n) is 4.63. The lowest BCUT2D eigenvalue weighted by atomic mass is 9.69. The number of aryl methyl sites for hydroxylation is 2. The fourth-order valence-corrected chi connectivity index (χ4v) is 3.32. The molecule has 0 aliphatic heterocycles. The molecular formula is C17H26O2. The van der Waals surface area contributed by atoms with Crippen molar-refractivity contribution in [3.05, 3.63) is 23.2 Å². The first-order chi connectivity index (χ1) is 8.79. The second kappa shape index (κ2) is 5.15. The maximum Gasteiger partial charge on any atom is 0.169 e. The van der Waals surface area contributed by atoms with Gasteiger partial charge in [0.15, 0.2) is 5.78 Å². The lowest BCUT2D eigenvalue weighted by molar-refractivity contribution is 0.0818. The molecule has 106 valence electrons. The molecule has 1 fully saturated rings. The molecule has 0 radical (unpaired) electrons. The van der Waals surface area contributed by atoms with Crippen molar-refractivity contribution in [1.82, 2.24) is 0 Å². The molecule has 1 heterocycles. The first kappa shape index (κ1) is 14.4. The molecule has 1 aliphatic rings. The highest BCUT2D eigenvalue weighted by atomic mass is 16.3. The summed E-state index contributed by atoms with van der Waals surface area (Å²) < 4.78 is 5.48. The fraction of sp³-hybridized carbons (Fsp3) is 0.706. The molecule has 0 N–H and O–H groups in total. The zero-order chi connectivity index (χ0) is 14.2. The highest BCUT2D eigenvalue weighted by molar-refractivity contribution is 5.98. The third-order valence-corrected chi connectivity index (χ3v) is 4.63. The molecule has 0 bridgehead atoms. The van der Waals surface area contributed by atoms with Crippen molar-refractivity contribution in [1.29, 1.82) is 0 Å². The van der Waals surface area contributed by atoms with E-state index in [1.807, 2.05) is 19.9 Å². The Morgan fingerprint density at radius 1 is 1.16 bits per heavy atom. The number of hydrogen-bond acceptors (Lipinski definition) is 2. The van der Waals surface area contributed by atoms with Crippen LogP contribution in [0.5, 0.6) is 0 Å². The fourth-order valence-electron chi connectivity index (χ4n) is 3.32. The molecule has 1 saturated carbocycles. The van der Waals surface area contributed by atoms with Gasteiger partial charge in [-0.2, -0.15) is 0 Å². The van der Waals surface area contributed by atoms with Gasteiger partial charge in [0.1, 0.15) is 11.5 Å². The van der Waals surface area contributed by atoms with Crippen LogP contribution in [0.4, 0.5) is 0 Å². The number of Topliss-reactive ketones (excluding diaryl/α,β-unsaturated/α-hetero) is 1. The standard InChI is InChI=1S/C17H26O2/c1-11-10-15(12(2)19-11)16(18)13-6-8-14(9-7-13)17(3,4)5/h10,13-14H,6-9H2,1-5H3. The van der Waals surface area contributed by atoms with Crippen molar-refractivity contribution in [3.8, 4) is 0 Å². The van der Waals surface area contributed by atoms with E-state index in [1.165, 1.54) is 12.8 Å². The van der Waals surface area contributed by atoms with E-state index in [-0.39, 0.29) is 5.92 Å². The predicted molar refractivity (Wildman–Crippen MR) is 77.4 cm³/mol. The van der Waals surface area contributed by atoms with Crippen molar-refractivity contribution in [2.24, 2.45) is 17.3 Å². The second-order valence-electron chi connectivity index (χ2n) is 7.11. The van der Waals surface area contributed by atoms with Crippen LogP contribution in [0, 0.1) is 31.1 Å². The van der Waals surface area contributed by atoms with E-state index in [2.05, 4.69) is 20.8 Å². The minimum atomic E-state index is 0.203. The summed E-state index contributed by atoms with van der Waals surface area (Å²) >= 11 is 0. The normalized spacial score (nSPS) is 24.5. The monoisotopic (exact) mass is 262 g/mol. The van der Waals surface area contributed by atoms with Crippen molar-refractivity contribution in [2.45, 2.75) is 60.3 Å². The summed E-state index contributed by atoms with van der Waals surface area (Å²) in [5.74, 6) is 2.87. The molecule has 0 saturated heterocycles. The van der Waals surface area contributed by atoms with Crippen molar-refractivity contribution in [2.75, 3.05) is 0 Å². The summed E-state index contributed by atoms with van der Waals surface area (Å²) in [7, 11) is 0. The molecule has 19 heavy (non-hydrogen) atoms. The lowest BCUT2D eigenvalue weighted by Gasteiger charge is -2.36. The third kappa shape index (κ3) is 3.10. The molecule has 2 nitrogen and oxygen atoms in total. The van der Waals surface area contributed by atoms with Crippen LogP contribution >= 0.6 is 0 Å². The molecule has 1 aromatic heterocycles. The van der Waals surface area contributed by atoms with E-state index in [0.717, 1.165) is 35.8 Å². The van der Waals surface area contributed by atoms with Gasteiger partial charge in [-0.25, -0.2) is 0 Å². The number of carbonyl (C=O) groups is 1. The zero-order valence-corrected chi connectivity index (χ0v) is 12.9. The van der Waals surface area contributed by atoms with Crippen LogP contribution < -0.4 is 0 Å². The first-order valence-electron chi connectivity index (χ1n) is 7.40. The average molecular weight is 262 g/mol. The van der Waals surface area contributed by atoms with E-state index < -0.39 is 0 Å². The Labute approximate surface area is 116 Å². The van der Waals surface area contributed by atoms with Crippen molar-refractivity contribution < 1.29 is 9.21 Å². The molecule has 1 aromatic rings. The summed E-state index contributed by atoms with van der Waals surface area (Å²) in [6.45, 7) is 10.7. The molecular weight excluding hydrogens is 236 g/mol. The minimum Gasteiger partial charge on any atom is -0.466 e. The molecule has 2 heteroatoms. The Bertz CT molecular complexity index is 454. The Kier molecular flexibility index (Phi) is 3.89. The van der Waals surface area contributed by atoms with E-state index in [9.17, 15) is 4.79 Å². The van der Waals surface area contributed by atoms with Crippen molar-refractivity contribution >= 4 is 5.78 Å². The van der Waals surface area contributed by atoms with Crippen LogP contribution in [-0.2, 0) is 0 Å². The average Bonchev–Trinajstić information content (AvgIpc) is 2.66. The molecule has 0 amide bonds. The van der Waals surface area contributed by atoms with Gasteiger partial charge in [-0.15, -0.1) is 0 Å². The highest BCUT2D eigenvalue weighted by Gasteiger charge is 2.33. The second-order valence-corrected chi connectivity index (χ2v) is 7.11. The smallest absolute Gasteiger partial charge is 0.169 e. The maximum absolute atomic E-state index is 12.5. The quantitative estimate of drug-likeness (QED) is 0.707. The first-order valence-corrected chi connectivity index (χ1v) is 7.40. The highest BCUT2D eigenvalue weighted by Crippen LogP contribution is 2.40. The summed E-state index contributed by atoms with van der Waals surface area (Å²) in [6.07, 6.45) is 4.42. The molecule has 0 atom stereocenters. The van der Waals surface area contributed by atoms with Gasteiger partial charge in [-0.05, 0) is 56.9 Å². The number of rotatable bonds is 2. The summed E-state index contributed by atoms with van der Waals surface area (Å²) in [5.41, 5.74) is 1.17. The number of ketones is 1. The van der Waals surface area contributed by atoms with Crippen LogP contribution in [-0.4, -0.2) is 5.78 Å². The topological polar surface area (TPSA) is 30.2 Å². The molecule has 2 rings (SSSR count). The van der Waals surface area contributed by atoms with Gasteiger partial charge in [0.25, 0.3) is 0 Å². The van der Waals surface area contributed by atoms with Gasteiger partial charge in [0.2, 0.25) is 0 Å². The Balaban J connectivity index is 2.02.